The lowest BCUT2D eigenvalue weighted by atomic mass is 10.1. The lowest BCUT2D eigenvalue weighted by Crippen LogP contribution is -2.11. The molecule has 0 spiro atoms. The van der Waals surface area contributed by atoms with Gasteiger partial charge in [-0.2, -0.15) is 0 Å². The van der Waals surface area contributed by atoms with E-state index in [9.17, 15) is 8.42 Å². The summed E-state index contributed by atoms with van der Waals surface area (Å²) in [7, 11) is -3.16. The summed E-state index contributed by atoms with van der Waals surface area (Å²) in [4.78, 5) is 0.442. The van der Waals surface area contributed by atoms with Crippen molar-refractivity contribution < 1.29 is 8.42 Å². The van der Waals surface area contributed by atoms with Crippen LogP contribution in [0.25, 0.3) is 0 Å². The predicted molar refractivity (Wildman–Crippen MR) is 90.7 cm³/mol. The molecule has 1 rings (SSSR count). The Bertz CT molecular complexity index is 497. The fourth-order valence-corrected chi connectivity index (χ4v) is 3.91. The molecule has 0 saturated heterocycles. The third-order valence-corrected chi connectivity index (χ3v) is 5.51. The van der Waals surface area contributed by atoms with Gasteiger partial charge in [-0.1, -0.05) is 58.1 Å². The molecule has 0 atom stereocenters. The molecule has 0 aliphatic carbocycles. The number of nitrogens with one attached hydrogen (secondary N) is 1. The number of sulfone groups is 1. The Labute approximate surface area is 130 Å². The number of para-hydroxylation sites is 1. The summed E-state index contributed by atoms with van der Waals surface area (Å²) < 4.78 is 24.4. The summed E-state index contributed by atoms with van der Waals surface area (Å²) in [6.45, 7) is 4.95. The van der Waals surface area contributed by atoms with Crippen molar-refractivity contribution in [2.45, 2.75) is 63.7 Å². The van der Waals surface area contributed by atoms with E-state index in [0.29, 0.717) is 11.3 Å². The van der Waals surface area contributed by atoms with Crippen LogP contribution >= 0.6 is 0 Å². The lowest BCUT2D eigenvalue weighted by Gasteiger charge is -2.12. The van der Waals surface area contributed by atoms with Crippen LogP contribution < -0.4 is 5.32 Å². The first-order valence-electron chi connectivity index (χ1n) is 8.17. The summed E-state index contributed by atoms with van der Waals surface area (Å²) in [5.41, 5.74) is 0.750. The van der Waals surface area contributed by atoms with Gasteiger partial charge in [0.05, 0.1) is 16.3 Å². The zero-order chi connectivity index (χ0) is 15.6. The third-order valence-electron chi connectivity index (χ3n) is 3.54. The van der Waals surface area contributed by atoms with Gasteiger partial charge in [-0.05, 0) is 25.0 Å². The number of anilines is 1. The van der Waals surface area contributed by atoms with Crippen molar-refractivity contribution in [2.24, 2.45) is 0 Å². The van der Waals surface area contributed by atoms with Gasteiger partial charge in [-0.3, -0.25) is 0 Å². The highest BCUT2D eigenvalue weighted by Crippen LogP contribution is 2.22. The molecule has 120 valence electrons. The Morgan fingerprint density at radius 1 is 0.905 bits per heavy atom. The molecule has 21 heavy (non-hydrogen) atoms. The summed E-state index contributed by atoms with van der Waals surface area (Å²) in [5, 5.41) is 3.29. The van der Waals surface area contributed by atoms with Crippen molar-refractivity contribution in [3.8, 4) is 0 Å². The number of rotatable bonds is 11. The Morgan fingerprint density at radius 2 is 1.57 bits per heavy atom. The summed E-state index contributed by atoms with van der Waals surface area (Å²) in [6, 6.07) is 7.24. The quantitative estimate of drug-likeness (QED) is 0.605. The maximum Gasteiger partial charge on any atom is 0.180 e. The zero-order valence-corrected chi connectivity index (χ0v) is 14.2. The molecule has 0 aliphatic rings. The third kappa shape index (κ3) is 6.51. The van der Waals surface area contributed by atoms with E-state index in [1.54, 1.807) is 12.1 Å². The number of hydrogen-bond donors (Lipinski definition) is 1. The van der Waals surface area contributed by atoms with E-state index in [1.807, 2.05) is 19.1 Å². The molecular formula is C17H29NO2S. The van der Waals surface area contributed by atoms with Gasteiger partial charge < -0.3 is 5.32 Å². The van der Waals surface area contributed by atoms with Gasteiger partial charge >= 0.3 is 0 Å². The number of hydrogen-bond acceptors (Lipinski definition) is 3. The van der Waals surface area contributed by atoms with E-state index < -0.39 is 9.84 Å². The van der Waals surface area contributed by atoms with Crippen LogP contribution in [0.2, 0.25) is 0 Å². The second-order valence-electron chi connectivity index (χ2n) is 5.51. The standard InChI is InChI=1S/C17H29NO2S/c1-3-5-6-7-8-11-14-18-16-12-9-10-13-17(16)21(19,20)15-4-2/h9-10,12-13,18H,3-8,11,14-15H2,1-2H3. The fraction of sp³-hybridized carbons (Fsp3) is 0.647. The Morgan fingerprint density at radius 3 is 2.29 bits per heavy atom. The topological polar surface area (TPSA) is 46.2 Å². The number of benzene rings is 1. The van der Waals surface area contributed by atoms with Crippen LogP contribution in [0.1, 0.15) is 58.8 Å². The first kappa shape index (κ1) is 18.0. The van der Waals surface area contributed by atoms with E-state index in [2.05, 4.69) is 12.2 Å². The molecule has 1 aromatic carbocycles. The highest BCUT2D eigenvalue weighted by molar-refractivity contribution is 7.91. The van der Waals surface area contributed by atoms with Crippen LogP contribution in [0.15, 0.2) is 29.2 Å². The maximum absolute atomic E-state index is 12.2. The van der Waals surface area contributed by atoms with Crippen molar-refractivity contribution >= 4 is 15.5 Å². The molecule has 0 unspecified atom stereocenters. The molecule has 0 aromatic heterocycles. The van der Waals surface area contributed by atoms with E-state index >= 15 is 0 Å². The highest BCUT2D eigenvalue weighted by atomic mass is 32.2. The largest absolute Gasteiger partial charge is 0.384 e. The van der Waals surface area contributed by atoms with Gasteiger partial charge in [-0.25, -0.2) is 8.42 Å². The Kier molecular flexibility index (Phi) is 8.43. The van der Waals surface area contributed by atoms with E-state index in [4.69, 9.17) is 0 Å². The van der Waals surface area contributed by atoms with Crippen LogP contribution in [0.5, 0.6) is 0 Å². The van der Waals surface area contributed by atoms with Crippen molar-refractivity contribution in [3.63, 3.8) is 0 Å². The summed E-state index contributed by atoms with van der Waals surface area (Å²) in [5.74, 6) is 0.211. The maximum atomic E-state index is 12.2. The lowest BCUT2D eigenvalue weighted by molar-refractivity contribution is 0.594. The average molecular weight is 311 g/mol. The van der Waals surface area contributed by atoms with Crippen molar-refractivity contribution in [1.29, 1.82) is 0 Å². The van der Waals surface area contributed by atoms with Crippen LogP contribution in [0, 0.1) is 0 Å². The molecular weight excluding hydrogens is 282 g/mol. The minimum Gasteiger partial charge on any atom is -0.384 e. The van der Waals surface area contributed by atoms with Crippen molar-refractivity contribution in [2.75, 3.05) is 17.6 Å². The Balaban J connectivity index is 2.49. The molecule has 3 nitrogen and oxygen atoms in total. The fourth-order valence-electron chi connectivity index (χ4n) is 2.39. The van der Waals surface area contributed by atoms with E-state index in [-0.39, 0.29) is 5.75 Å². The van der Waals surface area contributed by atoms with Crippen molar-refractivity contribution in [1.82, 2.24) is 0 Å². The summed E-state index contributed by atoms with van der Waals surface area (Å²) in [6.07, 6.45) is 8.09. The second kappa shape index (κ2) is 9.82. The smallest absolute Gasteiger partial charge is 0.180 e. The van der Waals surface area contributed by atoms with Crippen LogP contribution in [0.4, 0.5) is 5.69 Å². The van der Waals surface area contributed by atoms with Crippen LogP contribution in [0.3, 0.4) is 0 Å². The molecule has 0 fully saturated rings. The second-order valence-corrected chi connectivity index (χ2v) is 7.59. The molecule has 4 heteroatoms. The zero-order valence-electron chi connectivity index (χ0n) is 13.4. The predicted octanol–water partition coefficient (Wildman–Crippen LogP) is 4.64. The van der Waals surface area contributed by atoms with Gasteiger partial charge in [-0.15, -0.1) is 0 Å². The van der Waals surface area contributed by atoms with E-state index in [0.717, 1.165) is 18.7 Å². The minimum atomic E-state index is -3.16. The van der Waals surface area contributed by atoms with E-state index in [1.165, 1.54) is 32.1 Å². The molecule has 0 aliphatic heterocycles. The molecule has 1 aromatic rings. The molecule has 0 bridgehead atoms. The molecule has 0 amide bonds. The van der Waals surface area contributed by atoms with Crippen LogP contribution in [-0.4, -0.2) is 20.7 Å². The van der Waals surface area contributed by atoms with Gasteiger partial charge in [0.1, 0.15) is 0 Å². The Hall–Kier alpha value is -1.03. The average Bonchev–Trinajstić information content (AvgIpc) is 2.46. The molecule has 0 saturated carbocycles. The van der Waals surface area contributed by atoms with Crippen molar-refractivity contribution in [3.05, 3.63) is 24.3 Å². The SMILES string of the molecule is CCCCCCCCNc1ccccc1S(=O)(=O)CCC. The first-order chi connectivity index (χ1) is 10.1. The van der Waals surface area contributed by atoms with Gasteiger partial charge in [0.15, 0.2) is 9.84 Å². The monoisotopic (exact) mass is 311 g/mol. The first-order valence-corrected chi connectivity index (χ1v) is 9.82. The van der Waals surface area contributed by atoms with Crippen LogP contribution in [-0.2, 0) is 9.84 Å². The highest BCUT2D eigenvalue weighted by Gasteiger charge is 2.16. The number of unbranched alkanes of at least 4 members (excludes halogenated alkanes) is 5. The van der Waals surface area contributed by atoms with Gasteiger partial charge in [0, 0.05) is 6.54 Å². The normalized spacial score (nSPS) is 11.5. The molecule has 1 N–H and O–H groups in total. The molecule has 0 heterocycles. The minimum absolute atomic E-state index is 0.211. The van der Waals surface area contributed by atoms with Gasteiger partial charge in [0.25, 0.3) is 0 Å². The van der Waals surface area contributed by atoms with Gasteiger partial charge in [0.2, 0.25) is 0 Å². The summed E-state index contributed by atoms with van der Waals surface area (Å²) >= 11 is 0. The molecule has 0 radical (unpaired) electrons.